The maximum absolute atomic E-state index is 14.4. The molecule has 0 bridgehead atoms. The third-order valence-electron chi connectivity index (χ3n) is 13.0. The molecule has 5 aliphatic carbocycles. The van der Waals surface area contributed by atoms with Crippen LogP contribution in [-0.2, 0) is 23.9 Å². The van der Waals surface area contributed by atoms with Gasteiger partial charge < -0.3 is 9.47 Å². The lowest BCUT2D eigenvalue weighted by molar-refractivity contribution is -0.192. The number of ether oxygens (including phenoxy) is 2. The van der Waals surface area contributed by atoms with Gasteiger partial charge >= 0.3 is 5.97 Å². The van der Waals surface area contributed by atoms with E-state index in [1.54, 1.807) is 0 Å². The first-order valence-electron chi connectivity index (χ1n) is 14.1. The van der Waals surface area contributed by atoms with Crippen molar-refractivity contribution in [3.63, 3.8) is 0 Å². The van der Waals surface area contributed by atoms with E-state index in [0.29, 0.717) is 0 Å². The van der Waals surface area contributed by atoms with Crippen LogP contribution < -0.4 is 0 Å². The van der Waals surface area contributed by atoms with Gasteiger partial charge in [-0.25, -0.2) is 0 Å². The number of ketones is 2. The molecule has 0 N–H and O–H groups in total. The molecular weight excluding hydrogens is 452 g/mol. The summed E-state index contributed by atoms with van der Waals surface area (Å²) in [6.07, 6.45) is 7.77. The Balaban J connectivity index is 1.51. The van der Waals surface area contributed by atoms with Crippen molar-refractivity contribution >= 4 is 17.5 Å². The molecule has 0 spiro atoms. The summed E-state index contributed by atoms with van der Waals surface area (Å²) in [7, 11) is 1.50. The lowest BCUT2D eigenvalue weighted by Gasteiger charge is -2.69. The number of epoxide rings is 1. The smallest absolute Gasteiger partial charge is 0.312 e. The van der Waals surface area contributed by atoms with Crippen LogP contribution in [0.2, 0.25) is 0 Å². The lowest BCUT2D eigenvalue weighted by atomic mass is 9.34. The Morgan fingerprint density at radius 2 is 1.64 bits per heavy atom. The fourth-order valence-corrected chi connectivity index (χ4v) is 10.7. The lowest BCUT2D eigenvalue weighted by Crippen LogP contribution is -2.67. The van der Waals surface area contributed by atoms with E-state index in [1.165, 1.54) is 12.7 Å². The Morgan fingerprint density at radius 3 is 2.31 bits per heavy atom. The van der Waals surface area contributed by atoms with E-state index in [2.05, 4.69) is 48.5 Å². The van der Waals surface area contributed by atoms with Crippen molar-refractivity contribution in [2.24, 2.45) is 50.2 Å². The van der Waals surface area contributed by atoms with E-state index in [9.17, 15) is 14.4 Å². The Hall–Kier alpha value is -1.49. The minimum Gasteiger partial charge on any atom is -0.469 e. The fourth-order valence-electron chi connectivity index (χ4n) is 10.7. The molecule has 198 valence electrons. The number of rotatable bonds is 1. The van der Waals surface area contributed by atoms with Gasteiger partial charge in [0.2, 0.25) is 0 Å². The third-order valence-corrected chi connectivity index (χ3v) is 13.0. The molecule has 5 fully saturated rings. The average Bonchev–Trinajstić information content (AvgIpc) is 3.60. The highest BCUT2D eigenvalue weighted by Gasteiger charge is 2.76. The van der Waals surface area contributed by atoms with Gasteiger partial charge in [0.1, 0.15) is 12.2 Å². The number of esters is 1. The van der Waals surface area contributed by atoms with E-state index in [4.69, 9.17) is 9.47 Å². The van der Waals surface area contributed by atoms with E-state index in [-0.39, 0.29) is 69.2 Å². The number of carbonyl (C=O) groups excluding carboxylic acids is 3. The average molecular weight is 497 g/mol. The molecule has 1 heterocycles. The second-order valence-corrected chi connectivity index (χ2v) is 15.2. The Labute approximate surface area is 216 Å². The van der Waals surface area contributed by atoms with Crippen molar-refractivity contribution in [2.75, 3.05) is 7.11 Å². The molecule has 0 radical (unpaired) electrons. The summed E-state index contributed by atoms with van der Waals surface area (Å²) < 4.78 is 11.5. The normalized spacial score (nSPS) is 52.0. The zero-order valence-corrected chi connectivity index (χ0v) is 23.5. The number of carbonyl (C=O) groups is 3. The molecule has 3 unspecified atom stereocenters. The first-order chi connectivity index (χ1) is 16.6. The van der Waals surface area contributed by atoms with Crippen LogP contribution in [0.15, 0.2) is 11.6 Å². The SMILES string of the molecule is COC(=O)[C@]12CCC(C)(C)CC1C1C(=O)C=C3[C@@]4(C)[C@H]5OC5C(=O)C(C)(C)[C@@H]4CC[C@@]3(C)[C@]1(C)CC2. The zero-order chi connectivity index (χ0) is 26.3. The standard InChI is InChI=1S/C31H44O5/c1-26(2)11-13-31(25(34)35-8)14-12-29(6)21(17(31)16-26)18(32)15-20-28(29,5)10-9-19-27(3,4)23(33)22-24(36-22)30(19,20)7/h15,17,19,21-22,24H,9-14,16H2,1-8H3/t17?,19-,21?,22?,24-,28+,29+,30-,31-/m0/s1. The summed E-state index contributed by atoms with van der Waals surface area (Å²) in [6, 6.07) is 0. The van der Waals surface area contributed by atoms with Crippen molar-refractivity contribution in [3.8, 4) is 0 Å². The number of methoxy groups -OCH3 is 1. The molecule has 5 heteroatoms. The maximum Gasteiger partial charge on any atom is 0.312 e. The topological polar surface area (TPSA) is 73.0 Å². The predicted molar refractivity (Wildman–Crippen MR) is 136 cm³/mol. The molecule has 0 aromatic rings. The number of hydrogen-bond acceptors (Lipinski definition) is 5. The van der Waals surface area contributed by atoms with E-state index in [0.717, 1.165) is 44.9 Å². The molecule has 0 aromatic carbocycles. The maximum atomic E-state index is 14.4. The minimum absolute atomic E-state index is 0.00518. The van der Waals surface area contributed by atoms with E-state index >= 15 is 0 Å². The molecule has 5 nitrogen and oxygen atoms in total. The molecule has 6 aliphatic rings. The van der Waals surface area contributed by atoms with Gasteiger partial charge in [0.15, 0.2) is 11.6 Å². The molecule has 0 aromatic heterocycles. The van der Waals surface area contributed by atoms with Crippen molar-refractivity contribution in [1.82, 2.24) is 0 Å². The van der Waals surface area contributed by atoms with Crippen molar-refractivity contribution < 1.29 is 23.9 Å². The highest BCUT2D eigenvalue weighted by Crippen LogP contribution is 2.76. The number of allylic oxidation sites excluding steroid dienone is 1. The van der Waals surface area contributed by atoms with Gasteiger partial charge in [-0.3, -0.25) is 14.4 Å². The molecular formula is C31H44O5. The predicted octanol–water partition coefficient (Wildman–Crippen LogP) is 5.70. The van der Waals surface area contributed by atoms with Crippen molar-refractivity contribution in [2.45, 2.75) is 106 Å². The van der Waals surface area contributed by atoms with Gasteiger partial charge in [-0.2, -0.15) is 0 Å². The zero-order valence-electron chi connectivity index (χ0n) is 23.5. The summed E-state index contributed by atoms with van der Waals surface area (Å²) >= 11 is 0. The van der Waals surface area contributed by atoms with Crippen LogP contribution in [0.3, 0.4) is 0 Å². The van der Waals surface area contributed by atoms with Crippen LogP contribution >= 0.6 is 0 Å². The summed E-state index contributed by atoms with van der Waals surface area (Å²) in [5, 5.41) is 0. The molecule has 1 saturated heterocycles. The summed E-state index contributed by atoms with van der Waals surface area (Å²) in [5.41, 5.74) is -0.434. The summed E-state index contributed by atoms with van der Waals surface area (Å²) in [5.74, 6) is 0.280. The minimum atomic E-state index is -0.559. The van der Waals surface area contributed by atoms with Gasteiger partial charge in [-0.05, 0) is 79.1 Å². The second-order valence-electron chi connectivity index (χ2n) is 15.2. The van der Waals surface area contributed by atoms with Crippen LogP contribution in [0.4, 0.5) is 0 Å². The Kier molecular flexibility index (Phi) is 4.78. The monoisotopic (exact) mass is 496 g/mol. The van der Waals surface area contributed by atoms with Crippen LogP contribution in [0.25, 0.3) is 0 Å². The molecule has 6 rings (SSSR count). The van der Waals surface area contributed by atoms with Crippen LogP contribution in [0.1, 0.15) is 93.4 Å². The highest BCUT2D eigenvalue weighted by atomic mass is 16.6. The molecule has 4 saturated carbocycles. The first-order valence-corrected chi connectivity index (χ1v) is 14.1. The molecule has 0 amide bonds. The second kappa shape index (κ2) is 6.93. The number of fused-ring (bicyclic) bond motifs is 9. The Bertz CT molecular complexity index is 1100. The van der Waals surface area contributed by atoms with Gasteiger partial charge in [-0.15, -0.1) is 0 Å². The van der Waals surface area contributed by atoms with Gasteiger partial charge in [-0.1, -0.05) is 54.0 Å². The van der Waals surface area contributed by atoms with Gasteiger partial charge in [0.05, 0.1) is 12.5 Å². The van der Waals surface area contributed by atoms with Crippen molar-refractivity contribution in [3.05, 3.63) is 11.6 Å². The largest absolute Gasteiger partial charge is 0.469 e. The molecule has 1 aliphatic heterocycles. The summed E-state index contributed by atoms with van der Waals surface area (Å²) in [4.78, 5) is 40.9. The van der Waals surface area contributed by atoms with Crippen LogP contribution in [-0.4, -0.2) is 36.9 Å². The van der Waals surface area contributed by atoms with Gasteiger partial charge in [0.25, 0.3) is 0 Å². The molecule has 36 heavy (non-hydrogen) atoms. The summed E-state index contributed by atoms with van der Waals surface area (Å²) in [6.45, 7) is 15.8. The number of hydrogen-bond donors (Lipinski definition) is 0. The third kappa shape index (κ3) is 2.64. The van der Waals surface area contributed by atoms with Gasteiger partial charge in [0, 0.05) is 16.7 Å². The Morgan fingerprint density at radius 1 is 0.972 bits per heavy atom. The van der Waals surface area contributed by atoms with Crippen LogP contribution in [0.5, 0.6) is 0 Å². The first kappa shape index (κ1) is 24.8. The fraction of sp³-hybridized carbons (Fsp3) is 0.839. The number of Topliss-reactive ketones (excluding diaryl/α,β-unsaturated/α-hetero) is 1. The highest BCUT2D eigenvalue weighted by molar-refractivity contribution is 5.97. The van der Waals surface area contributed by atoms with E-state index < -0.39 is 10.8 Å². The van der Waals surface area contributed by atoms with E-state index in [1.807, 2.05) is 6.08 Å². The molecule has 9 atom stereocenters. The quantitative estimate of drug-likeness (QED) is 0.344. The van der Waals surface area contributed by atoms with Crippen molar-refractivity contribution in [1.29, 1.82) is 0 Å². The van der Waals surface area contributed by atoms with Crippen LogP contribution in [0, 0.1) is 50.2 Å².